The van der Waals surface area contributed by atoms with Crippen LogP contribution in [0, 0.1) is 6.92 Å². The molecule has 3 rings (SSSR count). The molecular weight excluding hydrogens is 414 g/mol. The minimum atomic E-state index is -3.83. The lowest BCUT2D eigenvalue weighted by molar-refractivity contribution is -0.118. The van der Waals surface area contributed by atoms with Crippen molar-refractivity contribution in [3.63, 3.8) is 0 Å². The molecule has 0 bridgehead atoms. The van der Waals surface area contributed by atoms with Crippen molar-refractivity contribution in [1.29, 1.82) is 0 Å². The zero-order valence-corrected chi connectivity index (χ0v) is 17.9. The number of nitrogens with zero attached hydrogens (tertiary/aromatic N) is 1. The number of rotatable bonds is 9. The summed E-state index contributed by atoms with van der Waals surface area (Å²) in [5.74, 6) is -0.851. The van der Waals surface area contributed by atoms with E-state index in [-0.39, 0.29) is 52.8 Å². The summed E-state index contributed by atoms with van der Waals surface area (Å²) in [5, 5.41) is 9.31. The number of aromatic nitrogens is 1. The lowest BCUT2D eigenvalue weighted by Crippen LogP contribution is -2.17. The van der Waals surface area contributed by atoms with Crippen LogP contribution in [0.25, 0.3) is 0 Å². The molecule has 6 nitrogen and oxygen atoms in total. The van der Waals surface area contributed by atoms with Crippen molar-refractivity contribution in [2.75, 3.05) is 5.75 Å². The number of sulfone groups is 1. The summed E-state index contributed by atoms with van der Waals surface area (Å²) in [6, 6.07) is 15.9. The van der Waals surface area contributed by atoms with Crippen LogP contribution in [0.15, 0.2) is 71.8 Å². The Morgan fingerprint density at radius 2 is 1.65 bits per heavy atom. The predicted octanol–water partition coefficient (Wildman–Crippen LogP) is 3.50. The third kappa shape index (κ3) is 5.86. The van der Waals surface area contributed by atoms with Gasteiger partial charge in [0.1, 0.15) is 11.5 Å². The number of phenols is 1. The Bertz CT molecular complexity index is 1200. The number of pyridine rings is 1. The molecule has 160 valence electrons. The van der Waals surface area contributed by atoms with Gasteiger partial charge in [-0.25, -0.2) is 8.42 Å². The lowest BCUT2D eigenvalue weighted by atomic mass is 10.0. The molecule has 1 aromatic heterocycles. The van der Waals surface area contributed by atoms with E-state index in [1.807, 2.05) is 13.0 Å². The molecule has 0 aliphatic rings. The van der Waals surface area contributed by atoms with Gasteiger partial charge in [0, 0.05) is 24.6 Å². The van der Waals surface area contributed by atoms with Crippen LogP contribution < -0.4 is 0 Å². The highest BCUT2D eigenvalue weighted by Crippen LogP contribution is 2.21. The molecule has 3 aromatic rings. The Morgan fingerprint density at radius 3 is 2.35 bits per heavy atom. The number of carbonyl (C=O) groups excluding carboxylic acids is 2. The van der Waals surface area contributed by atoms with E-state index in [2.05, 4.69) is 4.98 Å². The molecule has 1 heterocycles. The topological polar surface area (TPSA) is 101 Å². The number of hydrogen-bond acceptors (Lipinski definition) is 6. The van der Waals surface area contributed by atoms with Crippen LogP contribution in [0.1, 0.15) is 33.6 Å². The number of ketones is 2. The minimum Gasteiger partial charge on any atom is -0.508 e. The molecule has 0 unspecified atom stereocenters. The molecule has 0 aliphatic heterocycles. The maximum Gasteiger partial charge on any atom is 0.179 e. The zero-order chi connectivity index (χ0) is 22.4. The molecule has 1 N–H and O–H groups in total. The fourth-order valence-electron chi connectivity index (χ4n) is 3.21. The third-order valence-corrected chi connectivity index (χ3v) is 6.72. The summed E-state index contributed by atoms with van der Waals surface area (Å²) in [6.07, 6.45) is 1.51. The molecule has 0 fully saturated rings. The maximum absolute atomic E-state index is 12.9. The largest absolute Gasteiger partial charge is 0.508 e. The van der Waals surface area contributed by atoms with E-state index in [1.54, 1.807) is 36.5 Å². The Labute approximate surface area is 181 Å². The molecule has 0 atom stereocenters. The fourth-order valence-corrected chi connectivity index (χ4v) is 4.73. The number of aryl methyl sites for hydroxylation is 1. The second-order valence-electron chi connectivity index (χ2n) is 7.31. The van der Waals surface area contributed by atoms with E-state index < -0.39 is 9.84 Å². The summed E-state index contributed by atoms with van der Waals surface area (Å²) >= 11 is 0. The third-order valence-electron chi connectivity index (χ3n) is 4.96. The van der Waals surface area contributed by atoms with Gasteiger partial charge in [-0.15, -0.1) is 0 Å². The van der Waals surface area contributed by atoms with Crippen LogP contribution >= 0.6 is 0 Å². The van der Waals surface area contributed by atoms with Gasteiger partial charge in [0.15, 0.2) is 15.6 Å². The van der Waals surface area contributed by atoms with Crippen molar-refractivity contribution in [2.24, 2.45) is 0 Å². The smallest absolute Gasteiger partial charge is 0.179 e. The Balaban J connectivity index is 1.72. The first kappa shape index (κ1) is 22.4. The van der Waals surface area contributed by atoms with E-state index in [1.165, 1.54) is 24.3 Å². The Morgan fingerprint density at radius 1 is 0.935 bits per heavy atom. The normalized spacial score (nSPS) is 11.3. The van der Waals surface area contributed by atoms with Crippen molar-refractivity contribution in [1.82, 2.24) is 4.98 Å². The summed E-state index contributed by atoms with van der Waals surface area (Å²) in [4.78, 5) is 29.3. The van der Waals surface area contributed by atoms with Crippen LogP contribution in [-0.4, -0.2) is 35.8 Å². The van der Waals surface area contributed by atoms with Crippen molar-refractivity contribution in [3.05, 3.63) is 89.2 Å². The van der Waals surface area contributed by atoms with Crippen molar-refractivity contribution < 1.29 is 23.1 Å². The number of phenolic OH excluding ortho intramolecular Hbond substituents is 1. The van der Waals surface area contributed by atoms with Crippen LogP contribution in [-0.2, 0) is 27.5 Å². The molecule has 7 heteroatoms. The highest BCUT2D eigenvalue weighted by Gasteiger charge is 2.23. The van der Waals surface area contributed by atoms with E-state index in [9.17, 15) is 23.1 Å². The molecule has 0 radical (unpaired) electrons. The van der Waals surface area contributed by atoms with Gasteiger partial charge in [0.25, 0.3) is 0 Å². The van der Waals surface area contributed by atoms with E-state index in [4.69, 9.17) is 0 Å². The average Bonchev–Trinajstić information content (AvgIpc) is 2.75. The van der Waals surface area contributed by atoms with Gasteiger partial charge in [-0.3, -0.25) is 14.6 Å². The van der Waals surface area contributed by atoms with Crippen molar-refractivity contribution in [2.45, 2.75) is 31.1 Å². The highest BCUT2D eigenvalue weighted by molar-refractivity contribution is 7.91. The van der Waals surface area contributed by atoms with Gasteiger partial charge in [-0.1, -0.05) is 36.4 Å². The number of Topliss-reactive ketones (excluding diaryl/α,β-unsaturated/α-hetero) is 2. The van der Waals surface area contributed by atoms with Gasteiger partial charge >= 0.3 is 0 Å². The molecule has 0 saturated heterocycles. The molecule has 31 heavy (non-hydrogen) atoms. The standard InChI is InChI=1S/C24H23NO5S/c1-17-5-4-13-25-22(17)16-23(28)21-6-2-3-7-24(21)31(29,30)14-12-20(27)15-18-8-10-19(26)11-9-18/h2-11,13,26H,12,14-16H2,1H3. The van der Waals surface area contributed by atoms with E-state index in [0.717, 1.165) is 5.56 Å². The van der Waals surface area contributed by atoms with Crippen molar-refractivity contribution in [3.8, 4) is 5.75 Å². The number of benzene rings is 2. The maximum atomic E-state index is 12.9. The number of carbonyl (C=O) groups is 2. The van der Waals surface area contributed by atoms with Gasteiger partial charge in [0.05, 0.1) is 22.8 Å². The van der Waals surface area contributed by atoms with Gasteiger partial charge in [-0.2, -0.15) is 0 Å². The van der Waals surface area contributed by atoms with Crippen LogP contribution in [0.4, 0.5) is 0 Å². The highest BCUT2D eigenvalue weighted by atomic mass is 32.2. The Kier molecular flexibility index (Phi) is 6.97. The van der Waals surface area contributed by atoms with Gasteiger partial charge in [0.2, 0.25) is 0 Å². The molecule has 0 spiro atoms. The average molecular weight is 438 g/mol. The summed E-state index contributed by atoms with van der Waals surface area (Å²) in [5.41, 5.74) is 2.26. The molecular formula is C24H23NO5S. The predicted molar refractivity (Wildman–Crippen MR) is 117 cm³/mol. The first-order valence-electron chi connectivity index (χ1n) is 9.81. The lowest BCUT2D eigenvalue weighted by Gasteiger charge is -2.10. The number of aromatic hydroxyl groups is 1. The molecule has 0 amide bonds. The van der Waals surface area contributed by atoms with Gasteiger partial charge < -0.3 is 5.11 Å². The first-order valence-corrected chi connectivity index (χ1v) is 11.5. The minimum absolute atomic E-state index is 0.00100. The van der Waals surface area contributed by atoms with Crippen LogP contribution in [0.2, 0.25) is 0 Å². The fraction of sp³-hybridized carbons (Fsp3) is 0.208. The monoisotopic (exact) mass is 437 g/mol. The van der Waals surface area contributed by atoms with Crippen LogP contribution in [0.3, 0.4) is 0 Å². The molecule has 2 aromatic carbocycles. The van der Waals surface area contributed by atoms with E-state index >= 15 is 0 Å². The van der Waals surface area contributed by atoms with E-state index in [0.29, 0.717) is 11.3 Å². The number of hydrogen-bond donors (Lipinski definition) is 1. The Hall–Kier alpha value is -3.32. The van der Waals surface area contributed by atoms with Crippen molar-refractivity contribution >= 4 is 21.4 Å². The second kappa shape index (κ2) is 9.66. The summed E-state index contributed by atoms with van der Waals surface area (Å²) in [6.45, 7) is 1.85. The molecule has 0 saturated carbocycles. The summed E-state index contributed by atoms with van der Waals surface area (Å²) < 4.78 is 25.9. The first-order chi connectivity index (χ1) is 14.8. The quantitative estimate of drug-likeness (QED) is 0.514. The van der Waals surface area contributed by atoms with Gasteiger partial charge in [-0.05, 0) is 42.3 Å². The zero-order valence-electron chi connectivity index (χ0n) is 17.1. The molecule has 0 aliphatic carbocycles. The van der Waals surface area contributed by atoms with Crippen LogP contribution in [0.5, 0.6) is 5.75 Å². The SMILES string of the molecule is Cc1cccnc1CC(=O)c1ccccc1S(=O)(=O)CCC(=O)Cc1ccc(O)cc1. The second-order valence-corrected chi connectivity index (χ2v) is 9.39. The summed E-state index contributed by atoms with van der Waals surface area (Å²) in [7, 11) is -3.83.